The Morgan fingerprint density at radius 2 is 1.92 bits per heavy atom. The molecular formula is C18H19N5O3. The molecule has 2 aliphatic rings. The van der Waals surface area contributed by atoms with Crippen LogP contribution in [0.25, 0.3) is 0 Å². The van der Waals surface area contributed by atoms with Crippen molar-refractivity contribution in [1.29, 1.82) is 0 Å². The quantitative estimate of drug-likeness (QED) is 0.697. The average molecular weight is 353 g/mol. The lowest BCUT2D eigenvalue weighted by atomic mass is 10.1. The Kier molecular flexibility index (Phi) is 4.26. The molecule has 0 radical (unpaired) electrons. The van der Waals surface area contributed by atoms with Crippen LogP contribution in [0, 0.1) is 0 Å². The van der Waals surface area contributed by atoms with Gasteiger partial charge >= 0.3 is 0 Å². The van der Waals surface area contributed by atoms with Gasteiger partial charge in [-0.1, -0.05) is 12.1 Å². The summed E-state index contributed by atoms with van der Waals surface area (Å²) in [5.74, 6) is -0.179. The van der Waals surface area contributed by atoms with E-state index in [9.17, 15) is 14.4 Å². The summed E-state index contributed by atoms with van der Waals surface area (Å²) in [6.45, 7) is 1.80. The van der Waals surface area contributed by atoms with E-state index < -0.39 is 0 Å². The molecule has 0 spiro atoms. The molecule has 0 saturated carbocycles. The van der Waals surface area contributed by atoms with Crippen molar-refractivity contribution in [3.05, 3.63) is 46.6 Å². The number of carbonyl (C=O) groups excluding carboxylic acids is 3. The van der Waals surface area contributed by atoms with Crippen LogP contribution in [0.2, 0.25) is 0 Å². The number of hydrogen-bond donors (Lipinski definition) is 3. The fourth-order valence-corrected chi connectivity index (χ4v) is 3.38. The Labute approximate surface area is 150 Å². The summed E-state index contributed by atoms with van der Waals surface area (Å²) in [6, 6.07) is 6.78. The Morgan fingerprint density at radius 1 is 1.19 bits per heavy atom. The molecule has 8 heteroatoms. The molecule has 8 nitrogen and oxygen atoms in total. The van der Waals surface area contributed by atoms with Gasteiger partial charge in [0.1, 0.15) is 0 Å². The molecule has 0 unspecified atom stereocenters. The molecule has 0 aliphatic carbocycles. The van der Waals surface area contributed by atoms with Crippen LogP contribution in [0.5, 0.6) is 0 Å². The maximum absolute atomic E-state index is 12.3. The number of aromatic amines is 1. The van der Waals surface area contributed by atoms with Crippen molar-refractivity contribution in [3.8, 4) is 0 Å². The molecule has 0 bridgehead atoms. The molecule has 3 amide bonds. The van der Waals surface area contributed by atoms with E-state index in [0.29, 0.717) is 23.4 Å². The van der Waals surface area contributed by atoms with E-state index in [1.54, 1.807) is 24.3 Å². The first-order valence-corrected chi connectivity index (χ1v) is 8.67. The van der Waals surface area contributed by atoms with Gasteiger partial charge in [-0.25, -0.2) is 0 Å². The number of nitrogens with one attached hydrogen (secondary N) is 3. The van der Waals surface area contributed by atoms with Crippen molar-refractivity contribution in [2.45, 2.75) is 25.8 Å². The first kappa shape index (κ1) is 16.5. The lowest BCUT2D eigenvalue weighted by Crippen LogP contribution is -2.31. The molecule has 2 aliphatic heterocycles. The predicted octanol–water partition coefficient (Wildman–Crippen LogP) is 1.07. The number of hydrogen-bond acceptors (Lipinski definition) is 5. The van der Waals surface area contributed by atoms with Crippen molar-refractivity contribution in [2.24, 2.45) is 0 Å². The van der Waals surface area contributed by atoms with Gasteiger partial charge in [0.2, 0.25) is 5.91 Å². The van der Waals surface area contributed by atoms with Gasteiger partial charge in [0.25, 0.3) is 11.8 Å². The zero-order valence-corrected chi connectivity index (χ0v) is 14.2. The van der Waals surface area contributed by atoms with E-state index in [1.165, 1.54) is 4.90 Å². The molecule has 1 aromatic heterocycles. The number of amides is 3. The summed E-state index contributed by atoms with van der Waals surface area (Å²) < 4.78 is 0. The fraction of sp³-hybridized carbons (Fsp3) is 0.333. The maximum Gasteiger partial charge on any atom is 0.261 e. The van der Waals surface area contributed by atoms with E-state index >= 15 is 0 Å². The summed E-state index contributed by atoms with van der Waals surface area (Å²) in [4.78, 5) is 38.0. The monoisotopic (exact) mass is 353 g/mol. The molecule has 134 valence electrons. The second kappa shape index (κ2) is 6.72. The normalized spacial score (nSPS) is 15.8. The second-order valence-electron chi connectivity index (χ2n) is 6.42. The maximum atomic E-state index is 12.3. The molecule has 3 heterocycles. The molecule has 26 heavy (non-hydrogen) atoms. The lowest BCUT2D eigenvalue weighted by molar-refractivity contribution is -0.116. The van der Waals surface area contributed by atoms with Gasteiger partial charge in [-0.2, -0.15) is 5.10 Å². The molecule has 0 atom stereocenters. The van der Waals surface area contributed by atoms with Gasteiger partial charge in [0, 0.05) is 25.1 Å². The van der Waals surface area contributed by atoms with Crippen LogP contribution in [0.4, 0.5) is 5.82 Å². The van der Waals surface area contributed by atoms with E-state index in [4.69, 9.17) is 0 Å². The molecule has 3 N–H and O–H groups in total. The Bertz CT molecular complexity index is 854. The SMILES string of the molecule is O=C(CCCN1C(=O)c2ccccc2C1=O)Nc1n[nH]c2c1CCNC2. The van der Waals surface area contributed by atoms with Crippen LogP contribution in [0.3, 0.4) is 0 Å². The predicted molar refractivity (Wildman–Crippen MR) is 93.7 cm³/mol. The van der Waals surface area contributed by atoms with E-state index in [0.717, 1.165) is 30.8 Å². The van der Waals surface area contributed by atoms with E-state index in [2.05, 4.69) is 20.8 Å². The van der Waals surface area contributed by atoms with Gasteiger partial charge in [-0.05, 0) is 31.5 Å². The summed E-state index contributed by atoms with van der Waals surface area (Å²) >= 11 is 0. The smallest absolute Gasteiger partial charge is 0.261 e. The number of aromatic nitrogens is 2. The molecule has 2 aromatic rings. The third-order valence-corrected chi connectivity index (χ3v) is 4.73. The summed E-state index contributed by atoms with van der Waals surface area (Å²) in [6.07, 6.45) is 1.44. The van der Waals surface area contributed by atoms with E-state index in [-0.39, 0.29) is 30.7 Å². The number of imide groups is 1. The average Bonchev–Trinajstić information content (AvgIpc) is 3.17. The Hall–Kier alpha value is -3.00. The van der Waals surface area contributed by atoms with Gasteiger partial charge in [-0.3, -0.25) is 24.4 Å². The van der Waals surface area contributed by atoms with Crippen molar-refractivity contribution in [3.63, 3.8) is 0 Å². The minimum Gasteiger partial charge on any atom is -0.311 e. The number of carbonyl (C=O) groups is 3. The van der Waals surface area contributed by atoms with Crippen LogP contribution in [0.15, 0.2) is 24.3 Å². The zero-order valence-electron chi connectivity index (χ0n) is 14.2. The second-order valence-corrected chi connectivity index (χ2v) is 6.42. The highest BCUT2D eigenvalue weighted by Crippen LogP contribution is 2.23. The third-order valence-electron chi connectivity index (χ3n) is 4.73. The summed E-state index contributed by atoms with van der Waals surface area (Å²) in [5.41, 5.74) is 2.90. The fourth-order valence-electron chi connectivity index (χ4n) is 3.38. The number of nitrogens with zero attached hydrogens (tertiary/aromatic N) is 2. The molecule has 4 rings (SSSR count). The van der Waals surface area contributed by atoms with Gasteiger partial charge < -0.3 is 10.6 Å². The Balaban J connectivity index is 1.31. The number of fused-ring (bicyclic) bond motifs is 2. The highest BCUT2D eigenvalue weighted by atomic mass is 16.2. The van der Waals surface area contributed by atoms with Crippen LogP contribution < -0.4 is 10.6 Å². The lowest BCUT2D eigenvalue weighted by Gasteiger charge is -2.14. The topological polar surface area (TPSA) is 107 Å². The molecule has 0 fully saturated rings. The van der Waals surface area contributed by atoms with Crippen LogP contribution in [0.1, 0.15) is 44.8 Å². The number of H-pyrrole nitrogens is 1. The van der Waals surface area contributed by atoms with Gasteiger partial charge in [0.15, 0.2) is 5.82 Å². The van der Waals surface area contributed by atoms with Crippen molar-refractivity contribution >= 4 is 23.5 Å². The van der Waals surface area contributed by atoms with Gasteiger partial charge in [0.05, 0.1) is 16.8 Å². The highest BCUT2D eigenvalue weighted by molar-refractivity contribution is 6.21. The minimum absolute atomic E-state index is 0.172. The van der Waals surface area contributed by atoms with Crippen LogP contribution in [-0.4, -0.2) is 45.9 Å². The third kappa shape index (κ3) is 2.88. The summed E-state index contributed by atoms with van der Waals surface area (Å²) in [7, 11) is 0. The van der Waals surface area contributed by atoms with Crippen LogP contribution >= 0.6 is 0 Å². The molecule has 1 aromatic carbocycles. The standard InChI is InChI=1S/C18H19N5O3/c24-15(20-16-13-7-8-19-10-14(13)21-22-16)6-3-9-23-17(25)11-4-1-2-5-12(11)18(23)26/h1-2,4-5,19H,3,6-10H2,(H2,20,21,22,24). The van der Waals surface area contributed by atoms with Gasteiger partial charge in [-0.15, -0.1) is 0 Å². The first-order valence-electron chi connectivity index (χ1n) is 8.67. The van der Waals surface area contributed by atoms with Crippen molar-refractivity contribution in [1.82, 2.24) is 20.4 Å². The first-order chi connectivity index (χ1) is 12.6. The molecular weight excluding hydrogens is 334 g/mol. The number of benzene rings is 1. The largest absolute Gasteiger partial charge is 0.311 e. The van der Waals surface area contributed by atoms with Crippen molar-refractivity contribution in [2.75, 3.05) is 18.4 Å². The zero-order chi connectivity index (χ0) is 18.1. The number of anilines is 1. The minimum atomic E-state index is -0.292. The Morgan fingerprint density at radius 3 is 2.65 bits per heavy atom. The summed E-state index contributed by atoms with van der Waals surface area (Å²) in [5, 5.41) is 13.1. The highest BCUT2D eigenvalue weighted by Gasteiger charge is 2.34. The number of rotatable bonds is 5. The van der Waals surface area contributed by atoms with Crippen LogP contribution in [-0.2, 0) is 17.8 Å². The van der Waals surface area contributed by atoms with E-state index in [1.807, 2.05) is 0 Å². The van der Waals surface area contributed by atoms with Crippen molar-refractivity contribution < 1.29 is 14.4 Å². The molecule has 0 saturated heterocycles.